The molecule has 0 aliphatic carbocycles. The van der Waals surface area contributed by atoms with Crippen LogP contribution in [-0.2, 0) is 0 Å². The zero-order valence-corrected chi connectivity index (χ0v) is 7.95. The van der Waals surface area contributed by atoms with Gasteiger partial charge in [0.15, 0.2) is 6.29 Å². The second-order valence-electron chi connectivity index (χ2n) is 2.58. The molecule has 1 heterocycles. The van der Waals surface area contributed by atoms with E-state index >= 15 is 0 Å². The van der Waals surface area contributed by atoms with E-state index in [9.17, 15) is 9.18 Å². The molecule has 0 radical (unpaired) electrons. The molecule has 4 heteroatoms. The zero-order chi connectivity index (χ0) is 9.42. The van der Waals surface area contributed by atoms with Crippen LogP contribution in [0.3, 0.4) is 0 Å². The Balaban J connectivity index is 2.88. The van der Waals surface area contributed by atoms with Crippen molar-refractivity contribution in [3.63, 3.8) is 0 Å². The number of thiophene rings is 1. The molecule has 13 heavy (non-hydrogen) atoms. The Hall–Kier alpha value is -0.930. The van der Waals surface area contributed by atoms with Gasteiger partial charge in [0.25, 0.3) is 0 Å². The number of halogens is 2. The first-order valence-electron chi connectivity index (χ1n) is 3.54. The minimum absolute atomic E-state index is 0.346. The van der Waals surface area contributed by atoms with Crippen LogP contribution in [0.15, 0.2) is 18.2 Å². The molecule has 0 saturated heterocycles. The molecule has 0 aliphatic rings. The molecule has 2 aromatic rings. The van der Waals surface area contributed by atoms with Gasteiger partial charge in [-0.1, -0.05) is 11.6 Å². The molecule has 0 atom stereocenters. The van der Waals surface area contributed by atoms with E-state index in [2.05, 4.69) is 0 Å². The first-order chi connectivity index (χ1) is 6.20. The Morgan fingerprint density at radius 3 is 2.85 bits per heavy atom. The van der Waals surface area contributed by atoms with Crippen LogP contribution in [0.2, 0.25) is 4.34 Å². The summed E-state index contributed by atoms with van der Waals surface area (Å²) < 4.78 is 14.2. The van der Waals surface area contributed by atoms with Crippen LogP contribution in [0.25, 0.3) is 10.1 Å². The van der Waals surface area contributed by atoms with Crippen molar-refractivity contribution in [3.05, 3.63) is 33.9 Å². The second-order valence-corrected chi connectivity index (χ2v) is 4.29. The molecule has 0 N–H and O–H groups in total. The van der Waals surface area contributed by atoms with Crippen LogP contribution in [-0.4, -0.2) is 6.29 Å². The van der Waals surface area contributed by atoms with Gasteiger partial charge in [-0.05, 0) is 18.2 Å². The standard InChI is InChI=1S/C9H4ClFOS/c10-9-3-7-5(4-12)1-6(11)2-8(7)13-9/h1-4H. The van der Waals surface area contributed by atoms with E-state index in [1.54, 1.807) is 6.07 Å². The molecule has 2 rings (SSSR count). The number of rotatable bonds is 1. The first-order valence-corrected chi connectivity index (χ1v) is 4.74. The Morgan fingerprint density at radius 1 is 1.38 bits per heavy atom. The molecule has 0 spiro atoms. The lowest BCUT2D eigenvalue weighted by Gasteiger charge is -1.93. The first kappa shape index (κ1) is 8.66. The summed E-state index contributed by atoms with van der Waals surface area (Å²) in [5, 5.41) is 0.714. The molecular formula is C9H4ClFOS. The van der Waals surface area contributed by atoms with Gasteiger partial charge >= 0.3 is 0 Å². The van der Waals surface area contributed by atoms with Crippen molar-refractivity contribution in [1.82, 2.24) is 0 Å². The summed E-state index contributed by atoms with van der Waals surface area (Å²) in [6.07, 6.45) is 0.633. The third kappa shape index (κ3) is 1.45. The van der Waals surface area contributed by atoms with Crippen LogP contribution >= 0.6 is 22.9 Å². The van der Waals surface area contributed by atoms with Gasteiger partial charge < -0.3 is 0 Å². The Kier molecular flexibility index (Phi) is 2.06. The molecular weight excluding hydrogens is 211 g/mol. The largest absolute Gasteiger partial charge is 0.298 e. The van der Waals surface area contributed by atoms with Gasteiger partial charge in [0.1, 0.15) is 5.82 Å². The molecule has 0 aliphatic heterocycles. The highest BCUT2D eigenvalue weighted by Gasteiger charge is 2.06. The van der Waals surface area contributed by atoms with Gasteiger partial charge in [-0.3, -0.25) is 4.79 Å². The fraction of sp³-hybridized carbons (Fsp3) is 0. The van der Waals surface area contributed by atoms with E-state index in [1.807, 2.05) is 0 Å². The van der Waals surface area contributed by atoms with E-state index < -0.39 is 5.82 Å². The summed E-state index contributed by atoms with van der Waals surface area (Å²) in [6.45, 7) is 0. The van der Waals surface area contributed by atoms with Crippen LogP contribution < -0.4 is 0 Å². The van der Waals surface area contributed by atoms with Gasteiger partial charge in [-0.15, -0.1) is 11.3 Å². The lowest BCUT2D eigenvalue weighted by molar-refractivity contribution is 0.112. The highest BCUT2D eigenvalue weighted by atomic mass is 35.5. The average molecular weight is 215 g/mol. The normalized spacial score (nSPS) is 10.6. The quantitative estimate of drug-likeness (QED) is 0.664. The van der Waals surface area contributed by atoms with Crippen molar-refractivity contribution in [1.29, 1.82) is 0 Å². The molecule has 0 unspecified atom stereocenters. The van der Waals surface area contributed by atoms with Crippen molar-refractivity contribution in [3.8, 4) is 0 Å². The lowest BCUT2D eigenvalue weighted by Crippen LogP contribution is -1.82. The maximum Gasteiger partial charge on any atom is 0.150 e. The van der Waals surface area contributed by atoms with Gasteiger partial charge in [0.2, 0.25) is 0 Å². The van der Waals surface area contributed by atoms with Crippen molar-refractivity contribution >= 4 is 39.3 Å². The minimum atomic E-state index is -0.409. The molecule has 0 saturated carbocycles. The summed E-state index contributed by atoms with van der Waals surface area (Å²) in [5.41, 5.74) is 0.346. The summed E-state index contributed by atoms with van der Waals surface area (Å²) in [7, 11) is 0. The van der Waals surface area contributed by atoms with Crippen LogP contribution in [0, 0.1) is 5.82 Å². The monoisotopic (exact) mass is 214 g/mol. The number of fused-ring (bicyclic) bond motifs is 1. The number of benzene rings is 1. The van der Waals surface area contributed by atoms with Gasteiger partial charge in [-0.25, -0.2) is 4.39 Å². The smallest absolute Gasteiger partial charge is 0.150 e. The summed E-state index contributed by atoms with van der Waals surface area (Å²) in [4.78, 5) is 10.6. The van der Waals surface area contributed by atoms with E-state index in [0.717, 1.165) is 0 Å². The maximum absolute atomic E-state index is 12.9. The maximum atomic E-state index is 12.9. The number of aldehydes is 1. The second kappa shape index (κ2) is 3.09. The predicted molar refractivity (Wildman–Crippen MR) is 52.2 cm³/mol. The van der Waals surface area contributed by atoms with Gasteiger partial charge in [0, 0.05) is 15.6 Å². The number of hydrogen-bond acceptors (Lipinski definition) is 2. The highest BCUT2D eigenvalue weighted by molar-refractivity contribution is 7.22. The fourth-order valence-corrected chi connectivity index (χ4v) is 2.40. The fourth-order valence-electron chi connectivity index (χ4n) is 1.20. The Bertz CT molecular complexity index is 478. The van der Waals surface area contributed by atoms with Crippen LogP contribution in [0.5, 0.6) is 0 Å². The van der Waals surface area contributed by atoms with Crippen molar-refractivity contribution < 1.29 is 9.18 Å². The number of carbonyl (C=O) groups is 1. The van der Waals surface area contributed by atoms with Crippen molar-refractivity contribution in [2.24, 2.45) is 0 Å². The molecule has 1 aromatic heterocycles. The molecule has 0 bridgehead atoms. The third-order valence-electron chi connectivity index (χ3n) is 1.73. The SMILES string of the molecule is O=Cc1cc(F)cc2sc(Cl)cc12. The predicted octanol–water partition coefficient (Wildman–Crippen LogP) is 3.51. The molecule has 0 amide bonds. The number of carbonyl (C=O) groups excluding carboxylic acids is 1. The Labute approximate surface area is 82.7 Å². The Morgan fingerprint density at radius 2 is 2.15 bits per heavy atom. The lowest BCUT2D eigenvalue weighted by atomic mass is 10.1. The topological polar surface area (TPSA) is 17.1 Å². The molecule has 1 aromatic carbocycles. The molecule has 0 fully saturated rings. The van der Waals surface area contributed by atoms with Crippen LogP contribution in [0.4, 0.5) is 4.39 Å². The summed E-state index contributed by atoms with van der Waals surface area (Å²) in [5.74, 6) is -0.409. The molecule has 1 nitrogen and oxygen atoms in total. The molecule has 66 valence electrons. The van der Waals surface area contributed by atoms with Crippen LogP contribution in [0.1, 0.15) is 10.4 Å². The average Bonchev–Trinajstić information content (AvgIpc) is 2.43. The highest BCUT2D eigenvalue weighted by Crippen LogP contribution is 2.31. The van der Waals surface area contributed by atoms with Crippen molar-refractivity contribution in [2.45, 2.75) is 0 Å². The summed E-state index contributed by atoms with van der Waals surface area (Å²) in [6, 6.07) is 4.25. The van der Waals surface area contributed by atoms with Gasteiger partial charge in [-0.2, -0.15) is 0 Å². The van der Waals surface area contributed by atoms with Gasteiger partial charge in [0.05, 0.1) is 4.34 Å². The number of hydrogen-bond donors (Lipinski definition) is 0. The van der Waals surface area contributed by atoms with E-state index in [0.29, 0.717) is 26.3 Å². The van der Waals surface area contributed by atoms with E-state index in [-0.39, 0.29) is 0 Å². The third-order valence-corrected chi connectivity index (χ3v) is 2.94. The van der Waals surface area contributed by atoms with E-state index in [1.165, 1.54) is 23.5 Å². The minimum Gasteiger partial charge on any atom is -0.298 e. The summed E-state index contributed by atoms with van der Waals surface area (Å²) >= 11 is 7.01. The van der Waals surface area contributed by atoms with E-state index in [4.69, 9.17) is 11.6 Å². The van der Waals surface area contributed by atoms with Crippen molar-refractivity contribution in [2.75, 3.05) is 0 Å². The zero-order valence-electron chi connectivity index (χ0n) is 6.38.